The fraction of sp³-hybridized carbons (Fsp3) is 0.143. The van der Waals surface area contributed by atoms with Gasteiger partial charge in [-0.25, -0.2) is 4.98 Å². The molecule has 0 spiro atoms. The van der Waals surface area contributed by atoms with Crippen LogP contribution in [-0.2, 0) is 11.3 Å². The van der Waals surface area contributed by atoms with Crippen LogP contribution in [0, 0.1) is 0 Å². The number of pyridine rings is 1. The fourth-order valence-corrected chi connectivity index (χ4v) is 2.65. The maximum Gasteiger partial charge on any atom is 0.265 e. The van der Waals surface area contributed by atoms with Crippen LogP contribution in [0.3, 0.4) is 0 Å². The van der Waals surface area contributed by atoms with E-state index >= 15 is 0 Å². The van der Waals surface area contributed by atoms with Gasteiger partial charge in [-0.05, 0) is 24.3 Å². The van der Waals surface area contributed by atoms with Crippen molar-refractivity contribution in [1.82, 2.24) is 4.98 Å². The monoisotopic (exact) mass is 342 g/mol. The van der Waals surface area contributed by atoms with Gasteiger partial charge < -0.3 is 9.64 Å². The number of hydrogen-bond acceptors (Lipinski definition) is 3. The molecule has 2 aromatic rings. The third kappa shape index (κ3) is 2.93. The summed E-state index contributed by atoms with van der Waals surface area (Å²) in [6, 6.07) is 8.51. The quantitative estimate of drug-likeness (QED) is 0.775. The summed E-state index contributed by atoms with van der Waals surface area (Å²) in [4.78, 5) is 17.7. The summed E-state index contributed by atoms with van der Waals surface area (Å²) in [7, 11) is 0. The van der Waals surface area contributed by atoms with Crippen molar-refractivity contribution < 1.29 is 9.53 Å². The second kappa shape index (κ2) is 5.72. The predicted octanol–water partition coefficient (Wildman–Crippen LogP) is 3.97. The number of fused-ring (bicyclic) bond motifs is 1. The van der Waals surface area contributed by atoms with E-state index in [-0.39, 0.29) is 24.2 Å². The summed E-state index contributed by atoms with van der Waals surface area (Å²) in [5.41, 5.74) is 1.31. The summed E-state index contributed by atoms with van der Waals surface area (Å²) in [5.74, 6) is 0.438. The van der Waals surface area contributed by atoms with E-state index in [4.69, 9.17) is 39.5 Å². The molecule has 2 heterocycles. The molecule has 4 nitrogen and oxygen atoms in total. The van der Waals surface area contributed by atoms with Crippen LogP contribution in [0.4, 0.5) is 5.69 Å². The zero-order valence-corrected chi connectivity index (χ0v) is 12.9. The highest BCUT2D eigenvalue weighted by Crippen LogP contribution is 2.35. The van der Waals surface area contributed by atoms with Crippen LogP contribution < -0.4 is 9.64 Å². The van der Waals surface area contributed by atoms with Crippen molar-refractivity contribution >= 4 is 46.4 Å². The predicted molar refractivity (Wildman–Crippen MR) is 82.4 cm³/mol. The van der Waals surface area contributed by atoms with Gasteiger partial charge in [-0.1, -0.05) is 40.9 Å². The van der Waals surface area contributed by atoms with E-state index in [9.17, 15) is 4.79 Å². The highest BCUT2D eigenvalue weighted by Gasteiger charge is 2.26. The van der Waals surface area contributed by atoms with Gasteiger partial charge in [0.15, 0.2) is 6.61 Å². The Kier molecular flexibility index (Phi) is 3.93. The zero-order chi connectivity index (χ0) is 15.0. The van der Waals surface area contributed by atoms with Gasteiger partial charge in [-0.2, -0.15) is 0 Å². The van der Waals surface area contributed by atoms with E-state index in [0.29, 0.717) is 27.2 Å². The number of benzene rings is 1. The van der Waals surface area contributed by atoms with Crippen LogP contribution in [-0.4, -0.2) is 17.5 Å². The average molecular weight is 344 g/mol. The second-order valence-electron chi connectivity index (χ2n) is 4.46. The molecular formula is C14H9Cl3N2O2. The van der Waals surface area contributed by atoms with Gasteiger partial charge in [0.25, 0.3) is 5.91 Å². The first-order valence-corrected chi connectivity index (χ1v) is 7.21. The van der Waals surface area contributed by atoms with Gasteiger partial charge in [0, 0.05) is 10.6 Å². The van der Waals surface area contributed by atoms with E-state index in [1.165, 1.54) is 0 Å². The van der Waals surface area contributed by atoms with Crippen molar-refractivity contribution in [3.63, 3.8) is 0 Å². The lowest BCUT2D eigenvalue weighted by molar-refractivity contribution is -0.121. The van der Waals surface area contributed by atoms with Gasteiger partial charge in [0.2, 0.25) is 0 Å². The molecule has 1 aromatic carbocycles. The fourth-order valence-electron chi connectivity index (χ4n) is 2.08. The number of aromatic nitrogens is 1. The molecule has 0 radical (unpaired) electrons. The number of anilines is 1. The molecule has 0 N–H and O–H groups in total. The summed E-state index contributed by atoms with van der Waals surface area (Å²) >= 11 is 17.8. The van der Waals surface area contributed by atoms with Crippen molar-refractivity contribution in [2.45, 2.75) is 6.54 Å². The van der Waals surface area contributed by atoms with Crippen molar-refractivity contribution in [2.75, 3.05) is 11.5 Å². The summed E-state index contributed by atoms with van der Waals surface area (Å²) in [6.07, 6.45) is 0. The Morgan fingerprint density at radius 3 is 2.76 bits per heavy atom. The smallest absolute Gasteiger partial charge is 0.265 e. The van der Waals surface area contributed by atoms with Gasteiger partial charge in [-0.15, -0.1) is 0 Å². The number of carbonyl (C=O) groups is 1. The third-order valence-corrected chi connectivity index (χ3v) is 3.86. The summed E-state index contributed by atoms with van der Waals surface area (Å²) in [6.45, 7) is 0.256. The topological polar surface area (TPSA) is 42.4 Å². The first-order chi connectivity index (χ1) is 10.0. The largest absolute Gasteiger partial charge is 0.482 e. The minimum Gasteiger partial charge on any atom is -0.482 e. The molecule has 0 saturated heterocycles. The number of nitrogens with zero attached hydrogens (tertiary/aromatic N) is 2. The normalized spacial score (nSPS) is 13.9. The molecular weight excluding hydrogens is 335 g/mol. The minimum atomic E-state index is -0.171. The standard InChI is InChI=1S/C14H9Cl3N2O2/c15-9-2-3-11-10(5-9)19(13(20)7-21-11)6-8-1-4-12(16)18-14(8)17/h1-5H,6-7H2. The zero-order valence-electron chi connectivity index (χ0n) is 10.6. The molecule has 3 rings (SSSR count). The van der Waals surface area contributed by atoms with Crippen molar-refractivity contribution in [1.29, 1.82) is 0 Å². The Hall–Kier alpha value is -1.49. The third-order valence-electron chi connectivity index (χ3n) is 3.08. The molecule has 1 aromatic heterocycles. The SMILES string of the molecule is O=C1COc2ccc(Cl)cc2N1Cc1ccc(Cl)nc1Cl. The highest BCUT2D eigenvalue weighted by molar-refractivity contribution is 6.33. The number of rotatable bonds is 2. The van der Waals surface area contributed by atoms with Crippen LogP contribution in [0.15, 0.2) is 30.3 Å². The molecule has 108 valence electrons. The molecule has 0 bridgehead atoms. The molecule has 0 saturated carbocycles. The first kappa shape index (κ1) is 14.4. The van der Waals surface area contributed by atoms with Gasteiger partial charge in [0.05, 0.1) is 12.2 Å². The number of carbonyl (C=O) groups excluding carboxylic acids is 1. The molecule has 21 heavy (non-hydrogen) atoms. The van der Waals surface area contributed by atoms with Crippen LogP contribution >= 0.6 is 34.8 Å². The maximum atomic E-state index is 12.1. The van der Waals surface area contributed by atoms with Crippen molar-refractivity contribution in [3.05, 3.63) is 51.2 Å². The van der Waals surface area contributed by atoms with Gasteiger partial charge in [0.1, 0.15) is 16.1 Å². The minimum absolute atomic E-state index is 0.0206. The lowest BCUT2D eigenvalue weighted by atomic mass is 10.2. The maximum absolute atomic E-state index is 12.1. The van der Waals surface area contributed by atoms with Crippen molar-refractivity contribution in [3.8, 4) is 5.75 Å². The Labute approximate surface area is 136 Å². The summed E-state index contributed by atoms with van der Waals surface area (Å²) < 4.78 is 5.39. The lowest BCUT2D eigenvalue weighted by Crippen LogP contribution is -2.38. The number of hydrogen-bond donors (Lipinski definition) is 0. The first-order valence-electron chi connectivity index (χ1n) is 6.08. The number of halogens is 3. The van der Waals surface area contributed by atoms with E-state index in [1.54, 1.807) is 35.2 Å². The average Bonchev–Trinajstić information content (AvgIpc) is 2.44. The molecule has 0 atom stereocenters. The lowest BCUT2D eigenvalue weighted by Gasteiger charge is -2.29. The Balaban J connectivity index is 1.98. The highest BCUT2D eigenvalue weighted by atomic mass is 35.5. The molecule has 0 aliphatic carbocycles. The molecule has 1 amide bonds. The Morgan fingerprint density at radius 1 is 1.19 bits per heavy atom. The van der Waals surface area contributed by atoms with Crippen LogP contribution in [0.1, 0.15) is 5.56 Å². The Bertz CT molecular complexity index is 721. The Morgan fingerprint density at radius 2 is 2.00 bits per heavy atom. The molecule has 1 aliphatic heterocycles. The number of ether oxygens (including phenoxy) is 1. The van der Waals surface area contributed by atoms with Crippen LogP contribution in [0.2, 0.25) is 15.3 Å². The molecule has 0 unspecified atom stereocenters. The molecule has 7 heteroatoms. The van der Waals surface area contributed by atoms with E-state index in [2.05, 4.69) is 4.98 Å². The van der Waals surface area contributed by atoms with E-state index in [0.717, 1.165) is 0 Å². The van der Waals surface area contributed by atoms with Gasteiger partial charge >= 0.3 is 0 Å². The number of amides is 1. The van der Waals surface area contributed by atoms with Gasteiger partial charge in [-0.3, -0.25) is 4.79 Å². The van der Waals surface area contributed by atoms with Crippen LogP contribution in [0.25, 0.3) is 0 Å². The van der Waals surface area contributed by atoms with E-state index < -0.39 is 0 Å². The van der Waals surface area contributed by atoms with Crippen LogP contribution in [0.5, 0.6) is 5.75 Å². The van der Waals surface area contributed by atoms with Crippen molar-refractivity contribution in [2.24, 2.45) is 0 Å². The second-order valence-corrected chi connectivity index (χ2v) is 5.65. The summed E-state index contributed by atoms with van der Waals surface area (Å²) in [5, 5.41) is 1.10. The molecule has 0 fully saturated rings. The van der Waals surface area contributed by atoms with E-state index in [1.807, 2.05) is 0 Å². The molecule has 1 aliphatic rings.